The lowest BCUT2D eigenvalue weighted by atomic mass is 10.0. The predicted molar refractivity (Wildman–Crippen MR) is 69.1 cm³/mol. The Bertz CT molecular complexity index is 561. The molecule has 0 saturated carbocycles. The Kier molecular flexibility index (Phi) is 4.22. The third kappa shape index (κ3) is 3.35. The minimum Gasteiger partial charge on any atom is -0.313 e. The van der Waals surface area contributed by atoms with Crippen LogP contribution in [-0.4, -0.2) is 6.54 Å². The van der Waals surface area contributed by atoms with Crippen LogP contribution in [0.1, 0.15) is 12.5 Å². The molecule has 2 aromatic rings. The summed E-state index contributed by atoms with van der Waals surface area (Å²) in [5, 5.41) is 3.11. The summed E-state index contributed by atoms with van der Waals surface area (Å²) in [5.74, 6) is -1.93. The molecule has 0 aliphatic rings. The zero-order valence-corrected chi connectivity index (χ0v) is 10.5. The second kappa shape index (κ2) is 5.89. The molecule has 0 saturated heterocycles. The fraction of sp³-hybridized carbons (Fsp3) is 0.200. The Morgan fingerprint density at radius 1 is 0.947 bits per heavy atom. The van der Waals surface area contributed by atoms with Crippen molar-refractivity contribution in [2.75, 3.05) is 6.54 Å². The minimum atomic E-state index is -0.716. The summed E-state index contributed by atoms with van der Waals surface area (Å²) in [7, 11) is 0. The fourth-order valence-electron chi connectivity index (χ4n) is 1.88. The Hall–Kier alpha value is -1.81. The molecule has 2 aromatic carbocycles. The molecule has 1 N–H and O–H groups in total. The summed E-state index contributed by atoms with van der Waals surface area (Å²) < 4.78 is 40.1. The fourth-order valence-corrected chi connectivity index (χ4v) is 1.88. The van der Waals surface area contributed by atoms with Crippen LogP contribution < -0.4 is 5.32 Å². The lowest BCUT2D eigenvalue weighted by molar-refractivity contribution is 0.583. The minimum absolute atomic E-state index is 0.202. The van der Waals surface area contributed by atoms with Gasteiger partial charge in [0.25, 0.3) is 0 Å². The molecule has 0 aliphatic carbocycles. The third-order valence-corrected chi connectivity index (χ3v) is 2.78. The van der Waals surface area contributed by atoms with Gasteiger partial charge in [0, 0.05) is 18.2 Å². The third-order valence-electron chi connectivity index (χ3n) is 2.78. The molecule has 100 valence electrons. The molecule has 0 unspecified atom stereocenters. The van der Waals surface area contributed by atoms with E-state index in [4.69, 9.17) is 0 Å². The van der Waals surface area contributed by atoms with Crippen LogP contribution in [0.5, 0.6) is 0 Å². The molecule has 0 radical (unpaired) electrons. The van der Waals surface area contributed by atoms with Crippen LogP contribution in [-0.2, 0) is 6.54 Å². The number of hydrogen-bond donors (Lipinski definition) is 1. The molecule has 0 aromatic heterocycles. The SMILES string of the molecule is CCNCc1ccc(F)c(-c2cc(F)cc(F)c2)c1. The molecule has 0 fully saturated rings. The van der Waals surface area contributed by atoms with Crippen LogP contribution in [0, 0.1) is 17.5 Å². The summed E-state index contributed by atoms with van der Waals surface area (Å²) >= 11 is 0. The zero-order chi connectivity index (χ0) is 13.8. The number of hydrogen-bond acceptors (Lipinski definition) is 1. The van der Waals surface area contributed by atoms with E-state index >= 15 is 0 Å². The highest BCUT2D eigenvalue weighted by Crippen LogP contribution is 2.25. The maximum Gasteiger partial charge on any atom is 0.131 e. The molecular formula is C15H14F3N. The van der Waals surface area contributed by atoms with E-state index in [9.17, 15) is 13.2 Å². The van der Waals surface area contributed by atoms with Crippen molar-refractivity contribution in [2.45, 2.75) is 13.5 Å². The maximum atomic E-state index is 13.8. The van der Waals surface area contributed by atoms with Crippen LogP contribution in [0.4, 0.5) is 13.2 Å². The van der Waals surface area contributed by atoms with Gasteiger partial charge in [-0.1, -0.05) is 13.0 Å². The first-order valence-electron chi connectivity index (χ1n) is 6.05. The van der Waals surface area contributed by atoms with Gasteiger partial charge in [0.1, 0.15) is 17.5 Å². The first-order chi connectivity index (χ1) is 9.10. The maximum absolute atomic E-state index is 13.8. The van der Waals surface area contributed by atoms with Crippen molar-refractivity contribution in [1.82, 2.24) is 5.32 Å². The van der Waals surface area contributed by atoms with E-state index in [0.717, 1.165) is 30.3 Å². The summed E-state index contributed by atoms with van der Waals surface area (Å²) in [5.41, 5.74) is 1.27. The van der Waals surface area contributed by atoms with E-state index in [1.807, 2.05) is 6.92 Å². The predicted octanol–water partition coefficient (Wildman–Crippen LogP) is 3.88. The Labute approximate surface area is 110 Å². The van der Waals surface area contributed by atoms with Gasteiger partial charge in [-0.3, -0.25) is 0 Å². The largest absolute Gasteiger partial charge is 0.313 e. The number of nitrogens with one attached hydrogen (secondary N) is 1. The van der Waals surface area contributed by atoms with Gasteiger partial charge >= 0.3 is 0 Å². The van der Waals surface area contributed by atoms with Crippen LogP contribution in [0.2, 0.25) is 0 Å². The second-order valence-corrected chi connectivity index (χ2v) is 4.25. The Balaban J connectivity index is 2.42. The van der Waals surface area contributed by atoms with Crippen molar-refractivity contribution < 1.29 is 13.2 Å². The molecule has 4 heteroatoms. The molecule has 0 atom stereocenters. The molecule has 0 heterocycles. The van der Waals surface area contributed by atoms with Crippen LogP contribution in [0.15, 0.2) is 36.4 Å². The number of halogens is 3. The van der Waals surface area contributed by atoms with E-state index in [2.05, 4.69) is 5.32 Å². The topological polar surface area (TPSA) is 12.0 Å². The average Bonchev–Trinajstić information content (AvgIpc) is 2.36. The van der Waals surface area contributed by atoms with E-state index in [-0.39, 0.29) is 11.1 Å². The summed E-state index contributed by atoms with van der Waals surface area (Å²) in [6, 6.07) is 7.58. The molecule has 0 aliphatic heterocycles. The van der Waals surface area contributed by atoms with Gasteiger partial charge in [-0.05, 0) is 41.9 Å². The molecule has 0 bridgehead atoms. The highest BCUT2D eigenvalue weighted by molar-refractivity contribution is 5.65. The van der Waals surface area contributed by atoms with E-state index in [1.165, 1.54) is 6.07 Å². The highest BCUT2D eigenvalue weighted by atomic mass is 19.1. The normalized spacial score (nSPS) is 10.7. The standard InChI is InChI=1S/C15H14F3N/c1-2-19-9-10-3-4-15(18)14(5-10)11-6-12(16)8-13(17)7-11/h3-8,19H,2,9H2,1H3. The van der Waals surface area contributed by atoms with E-state index in [0.29, 0.717) is 6.54 Å². The molecular weight excluding hydrogens is 251 g/mol. The molecule has 19 heavy (non-hydrogen) atoms. The quantitative estimate of drug-likeness (QED) is 0.884. The molecule has 0 spiro atoms. The van der Waals surface area contributed by atoms with Gasteiger partial charge in [0.05, 0.1) is 0 Å². The number of benzene rings is 2. The summed E-state index contributed by atoms with van der Waals surface area (Å²) in [6.45, 7) is 3.34. The van der Waals surface area contributed by atoms with Gasteiger partial charge in [-0.2, -0.15) is 0 Å². The van der Waals surface area contributed by atoms with Gasteiger partial charge in [-0.25, -0.2) is 13.2 Å². The first kappa shape index (κ1) is 13.6. The van der Waals surface area contributed by atoms with E-state index < -0.39 is 17.5 Å². The second-order valence-electron chi connectivity index (χ2n) is 4.25. The van der Waals surface area contributed by atoms with Crippen molar-refractivity contribution in [3.05, 3.63) is 59.4 Å². The van der Waals surface area contributed by atoms with Gasteiger partial charge in [0.15, 0.2) is 0 Å². The zero-order valence-electron chi connectivity index (χ0n) is 10.5. The lowest BCUT2D eigenvalue weighted by Crippen LogP contribution is -2.11. The van der Waals surface area contributed by atoms with Crippen molar-refractivity contribution in [2.24, 2.45) is 0 Å². The van der Waals surface area contributed by atoms with Crippen molar-refractivity contribution >= 4 is 0 Å². The summed E-state index contributed by atoms with van der Waals surface area (Å²) in [6.07, 6.45) is 0. The first-order valence-corrected chi connectivity index (χ1v) is 6.05. The van der Waals surface area contributed by atoms with Gasteiger partial charge in [0.2, 0.25) is 0 Å². The van der Waals surface area contributed by atoms with Gasteiger partial charge < -0.3 is 5.32 Å². The van der Waals surface area contributed by atoms with Gasteiger partial charge in [-0.15, -0.1) is 0 Å². The van der Waals surface area contributed by atoms with Crippen LogP contribution in [0.3, 0.4) is 0 Å². The highest BCUT2D eigenvalue weighted by Gasteiger charge is 2.09. The van der Waals surface area contributed by atoms with Crippen molar-refractivity contribution in [1.29, 1.82) is 0 Å². The monoisotopic (exact) mass is 265 g/mol. The molecule has 1 nitrogen and oxygen atoms in total. The van der Waals surface area contributed by atoms with Crippen molar-refractivity contribution in [3.8, 4) is 11.1 Å². The average molecular weight is 265 g/mol. The Morgan fingerprint density at radius 3 is 2.26 bits per heavy atom. The van der Waals surface area contributed by atoms with Crippen LogP contribution in [0.25, 0.3) is 11.1 Å². The molecule has 2 rings (SSSR count). The summed E-state index contributed by atoms with van der Waals surface area (Å²) in [4.78, 5) is 0. The smallest absolute Gasteiger partial charge is 0.131 e. The van der Waals surface area contributed by atoms with Crippen molar-refractivity contribution in [3.63, 3.8) is 0 Å². The number of rotatable bonds is 4. The van der Waals surface area contributed by atoms with Crippen LogP contribution >= 0.6 is 0 Å². The lowest BCUT2D eigenvalue weighted by Gasteiger charge is -2.08. The Morgan fingerprint density at radius 2 is 1.63 bits per heavy atom. The van der Waals surface area contributed by atoms with E-state index in [1.54, 1.807) is 12.1 Å². The molecule has 0 amide bonds.